The van der Waals surface area contributed by atoms with Gasteiger partial charge >= 0.3 is 5.97 Å². The Balaban J connectivity index is 2.07. The van der Waals surface area contributed by atoms with Crippen molar-refractivity contribution in [1.82, 2.24) is 20.2 Å². The first kappa shape index (κ1) is 19.7. The minimum atomic E-state index is -0.608. The predicted octanol–water partition coefficient (Wildman–Crippen LogP) is 2.57. The van der Waals surface area contributed by atoms with E-state index in [4.69, 9.17) is 14.2 Å². The van der Waals surface area contributed by atoms with E-state index in [2.05, 4.69) is 34.7 Å². The van der Waals surface area contributed by atoms with Gasteiger partial charge in [0.05, 0.1) is 26.4 Å². The Hall–Kier alpha value is -3.10. The van der Waals surface area contributed by atoms with E-state index < -0.39 is 12.0 Å². The summed E-state index contributed by atoms with van der Waals surface area (Å²) in [6, 6.07) is 4.88. The second kappa shape index (κ2) is 8.28. The molecule has 1 aromatic heterocycles. The van der Waals surface area contributed by atoms with Crippen LogP contribution in [0.5, 0.6) is 11.5 Å². The lowest BCUT2D eigenvalue weighted by molar-refractivity contribution is -0.139. The Morgan fingerprint density at radius 3 is 2.75 bits per heavy atom. The van der Waals surface area contributed by atoms with Crippen LogP contribution < -0.4 is 14.8 Å². The van der Waals surface area contributed by atoms with E-state index in [0.29, 0.717) is 46.8 Å². The first-order valence-corrected chi connectivity index (χ1v) is 9.11. The van der Waals surface area contributed by atoms with Crippen molar-refractivity contribution in [3.63, 3.8) is 0 Å². The number of para-hydroxylation sites is 1. The average Bonchev–Trinajstić information content (AvgIpc) is 3.13. The summed E-state index contributed by atoms with van der Waals surface area (Å²) in [5, 5.41) is 14.9. The van der Waals surface area contributed by atoms with E-state index in [9.17, 15) is 4.79 Å². The molecule has 2 heterocycles. The van der Waals surface area contributed by atoms with Gasteiger partial charge in [-0.2, -0.15) is 4.68 Å². The number of carbonyl (C=O) groups excluding carboxylic acids is 1. The maximum atomic E-state index is 13.0. The van der Waals surface area contributed by atoms with Crippen LogP contribution in [-0.2, 0) is 9.53 Å². The fourth-order valence-corrected chi connectivity index (χ4v) is 3.16. The highest BCUT2D eigenvalue weighted by Crippen LogP contribution is 2.42. The first-order chi connectivity index (χ1) is 13.5. The third-order valence-corrected chi connectivity index (χ3v) is 4.59. The maximum Gasteiger partial charge on any atom is 0.338 e. The number of anilines is 1. The number of nitrogens with one attached hydrogen (secondary N) is 1. The lowest BCUT2D eigenvalue weighted by Crippen LogP contribution is -2.30. The summed E-state index contributed by atoms with van der Waals surface area (Å²) >= 11 is 0. The number of methoxy groups -OCH3 is 2. The predicted molar refractivity (Wildman–Crippen MR) is 102 cm³/mol. The van der Waals surface area contributed by atoms with Gasteiger partial charge in [-0.3, -0.25) is 0 Å². The van der Waals surface area contributed by atoms with Crippen LogP contribution in [0.15, 0.2) is 29.5 Å². The SMILES string of the molecule is COc1cccc([C@H]2C(C(=O)OCCC(C)C)=C(C)Nc3nnnn32)c1OC. The van der Waals surface area contributed by atoms with Crippen LogP contribution in [0.3, 0.4) is 0 Å². The van der Waals surface area contributed by atoms with Crippen molar-refractivity contribution in [3.8, 4) is 11.5 Å². The van der Waals surface area contributed by atoms with Gasteiger partial charge in [0, 0.05) is 11.3 Å². The Labute approximate surface area is 163 Å². The number of carbonyl (C=O) groups is 1. The topological polar surface area (TPSA) is 100 Å². The average molecular weight is 387 g/mol. The molecule has 150 valence electrons. The van der Waals surface area contributed by atoms with Crippen molar-refractivity contribution in [2.24, 2.45) is 5.92 Å². The minimum absolute atomic E-state index is 0.345. The van der Waals surface area contributed by atoms with Crippen LogP contribution in [0, 0.1) is 5.92 Å². The molecule has 0 saturated carbocycles. The molecule has 0 saturated heterocycles. The Morgan fingerprint density at radius 1 is 1.29 bits per heavy atom. The highest BCUT2D eigenvalue weighted by Gasteiger charge is 2.37. The van der Waals surface area contributed by atoms with E-state index in [1.807, 2.05) is 12.1 Å². The summed E-state index contributed by atoms with van der Waals surface area (Å²) in [4.78, 5) is 13.0. The lowest BCUT2D eigenvalue weighted by Gasteiger charge is -2.28. The van der Waals surface area contributed by atoms with E-state index in [1.165, 1.54) is 0 Å². The number of benzene rings is 1. The summed E-state index contributed by atoms with van der Waals surface area (Å²) < 4.78 is 18.1. The van der Waals surface area contributed by atoms with Gasteiger partial charge in [-0.1, -0.05) is 31.1 Å². The first-order valence-electron chi connectivity index (χ1n) is 9.11. The molecule has 1 aliphatic rings. The fraction of sp³-hybridized carbons (Fsp3) is 0.474. The zero-order valence-electron chi connectivity index (χ0n) is 16.7. The van der Waals surface area contributed by atoms with Crippen molar-refractivity contribution in [1.29, 1.82) is 0 Å². The highest BCUT2D eigenvalue weighted by atomic mass is 16.5. The second-order valence-electron chi connectivity index (χ2n) is 6.91. The molecule has 1 atom stereocenters. The Morgan fingerprint density at radius 2 is 2.07 bits per heavy atom. The number of tetrazole rings is 1. The third-order valence-electron chi connectivity index (χ3n) is 4.59. The maximum absolute atomic E-state index is 13.0. The molecule has 0 unspecified atom stereocenters. The van der Waals surface area contributed by atoms with Crippen molar-refractivity contribution in [2.45, 2.75) is 33.2 Å². The molecular formula is C19H25N5O4. The molecule has 0 amide bonds. The van der Waals surface area contributed by atoms with Crippen molar-refractivity contribution in [2.75, 3.05) is 26.1 Å². The van der Waals surface area contributed by atoms with Gasteiger partial charge in [-0.05, 0) is 35.8 Å². The monoisotopic (exact) mass is 387 g/mol. The van der Waals surface area contributed by atoms with Crippen LogP contribution in [0.25, 0.3) is 0 Å². The van der Waals surface area contributed by atoms with E-state index in [1.54, 1.807) is 31.9 Å². The standard InChI is InChI=1S/C19H25N5O4/c1-11(2)9-10-28-18(25)15-12(3)20-19-21-22-23-24(19)16(15)13-7-6-8-14(26-4)17(13)27-5/h6-8,11,16H,9-10H2,1-5H3,(H,20,21,23)/t16-/m0/s1. The number of aromatic nitrogens is 4. The molecule has 9 heteroatoms. The molecule has 0 aliphatic carbocycles. The number of fused-ring (bicyclic) bond motifs is 1. The quantitative estimate of drug-likeness (QED) is 0.724. The Kier molecular flexibility index (Phi) is 5.81. The van der Waals surface area contributed by atoms with E-state index in [0.717, 1.165) is 6.42 Å². The lowest BCUT2D eigenvalue weighted by atomic mass is 9.94. The fourth-order valence-electron chi connectivity index (χ4n) is 3.16. The zero-order valence-corrected chi connectivity index (χ0v) is 16.7. The summed E-state index contributed by atoms with van der Waals surface area (Å²) in [7, 11) is 3.12. The number of esters is 1. The van der Waals surface area contributed by atoms with Gasteiger partial charge in [0.15, 0.2) is 11.5 Å². The Bertz CT molecular complexity index is 890. The molecule has 1 N–H and O–H groups in total. The molecule has 28 heavy (non-hydrogen) atoms. The van der Waals surface area contributed by atoms with Crippen LogP contribution in [-0.4, -0.2) is 47.0 Å². The van der Waals surface area contributed by atoms with E-state index in [-0.39, 0.29) is 0 Å². The third kappa shape index (κ3) is 3.64. The summed E-state index contributed by atoms with van der Waals surface area (Å²) in [6.07, 6.45) is 0.786. The van der Waals surface area contributed by atoms with Crippen molar-refractivity contribution in [3.05, 3.63) is 35.0 Å². The van der Waals surface area contributed by atoms with Crippen LogP contribution in [0.2, 0.25) is 0 Å². The van der Waals surface area contributed by atoms with Crippen LogP contribution in [0.1, 0.15) is 38.8 Å². The number of allylic oxidation sites excluding steroid dienone is 1. The molecule has 0 bridgehead atoms. The zero-order chi connectivity index (χ0) is 20.3. The van der Waals surface area contributed by atoms with Gasteiger partial charge in [0.25, 0.3) is 0 Å². The van der Waals surface area contributed by atoms with E-state index >= 15 is 0 Å². The molecule has 0 radical (unpaired) electrons. The van der Waals surface area contributed by atoms with Gasteiger partial charge in [-0.15, -0.1) is 0 Å². The molecule has 9 nitrogen and oxygen atoms in total. The normalized spacial score (nSPS) is 15.9. The smallest absolute Gasteiger partial charge is 0.338 e. The number of hydrogen-bond donors (Lipinski definition) is 1. The molecule has 1 aromatic carbocycles. The van der Waals surface area contributed by atoms with Crippen LogP contribution >= 0.6 is 0 Å². The van der Waals surface area contributed by atoms with Crippen molar-refractivity contribution >= 4 is 11.9 Å². The molecule has 0 spiro atoms. The molecule has 1 aliphatic heterocycles. The highest BCUT2D eigenvalue weighted by molar-refractivity contribution is 5.92. The summed E-state index contributed by atoms with van der Waals surface area (Å²) in [6.45, 7) is 6.31. The van der Waals surface area contributed by atoms with Gasteiger partial charge in [0.1, 0.15) is 6.04 Å². The molecular weight excluding hydrogens is 362 g/mol. The largest absolute Gasteiger partial charge is 0.493 e. The van der Waals surface area contributed by atoms with Gasteiger partial charge < -0.3 is 19.5 Å². The molecule has 2 aromatic rings. The van der Waals surface area contributed by atoms with Crippen molar-refractivity contribution < 1.29 is 19.0 Å². The summed E-state index contributed by atoms with van der Waals surface area (Å²) in [5.41, 5.74) is 1.76. The molecule has 3 rings (SSSR count). The number of nitrogens with zero attached hydrogens (tertiary/aromatic N) is 4. The number of ether oxygens (including phenoxy) is 3. The van der Waals surface area contributed by atoms with Gasteiger partial charge in [-0.25, -0.2) is 4.79 Å². The summed E-state index contributed by atoms with van der Waals surface area (Å²) in [5.74, 6) is 1.53. The van der Waals surface area contributed by atoms with Gasteiger partial charge in [0.2, 0.25) is 5.95 Å². The number of rotatable bonds is 7. The number of hydrogen-bond acceptors (Lipinski definition) is 8. The molecule has 0 fully saturated rings. The minimum Gasteiger partial charge on any atom is -0.493 e. The van der Waals surface area contributed by atoms with Crippen LogP contribution in [0.4, 0.5) is 5.95 Å². The second-order valence-corrected chi connectivity index (χ2v) is 6.91.